The molecule has 3 nitrogen and oxygen atoms in total. The zero-order valence-corrected chi connectivity index (χ0v) is 11.2. The first-order valence-corrected chi connectivity index (χ1v) is 6.78. The van der Waals surface area contributed by atoms with E-state index in [0.717, 1.165) is 23.6 Å². The molecule has 1 aromatic heterocycles. The Morgan fingerprint density at radius 3 is 2.76 bits per heavy atom. The molecular formula is C13H19ClN2O. The van der Waals surface area contributed by atoms with Crippen LogP contribution in [-0.4, -0.2) is 20.5 Å². The number of halogens is 1. The predicted molar refractivity (Wildman–Crippen MR) is 67.1 cm³/mol. The summed E-state index contributed by atoms with van der Waals surface area (Å²) in [7, 11) is 1.85. The lowest BCUT2D eigenvalue weighted by atomic mass is 9.80. The van der Waals surface area contributed by atoms with Crippen molar-refractivity contribution in [2.75, 3.05) is 0 Å². The second kappa shape index (κ2) is 3.72. The average molecular weight is 255 g/mol. The first kappa shape index (κ1) is 11.5. The molecule has 17 heavy (non-hydrogen) atoms. The summed E-state index contributed by atoms with van der Waals surface area (Å²) in [6, 6.07) is 0. The molecule has 3 atom stereocenters. The van der Waals surface area contributed by atoms with Crippen LogP contribution in [0.15, 0.2) is 0 Å². The lowest BCUT2D eigenvalue weighted by Gasteiger charge is -2.32. The fraction of sp³-hybridized carbons (Fsp3) is 0.769. The maximum Gasteiger partial charge on any atom is 0.130 e. The van der Waals surface area contributed by atoms with E-state index in [-0.39, 0.29) is 0 Å². The molecule has 3 rings (SSSR count). The Hall–Kier alpha value is -0.540. The van der Waals surface area contributed by atoms with Crippen molar-refractivity contribution in [2.24, 2.45) is 18.9 Å². The van der Waals surface area contributed by atoms with Crippen LogP contribution in [-0.2, 0) is 13.5 Å². The Balaban J connectivity index is 1.87. The fourth-order valence-corrected chi connectivity index (χ4v) is 4.05. The monoisotopic (exact) mass is 254 g/mol. The minimum Gasteiger partial charge on any atom is -0.389 e. The van der Waals surface area contributed by atoms with Crippen molar-refractivity contribution < 1.29 is 5.11 Å². The van der Waals surface area contributed by atoms with Gasteiger partial charge in [-0.3, -0.25) is 4.68 Å². The summed E-state index contributed by atoms with van der Waals surface area (Å²) in [5.74, 6) is 1.21. The van der Waals surface area contributed by atoms with E-state index >= 15 is 0 Å². The van der Waals surface area contributed by atoms with Crippen LogP contribution >= 0.6 is 11.6 Å². The summed E-state index contributed by atoms with van der Waals surface area (Å²) in [6.07, 6.45) is 5.30. The number of hydrogen-bond donors (Lipinski definition) is 1. The van der Waals surface area contributed by atoms with Gasteiger partial charge < -0.3 is 5.11 Å². The minimum absolute atomic E-state index is 0.475. The number of rotatable bonds is 2. The van der Waals surface area contributed by atoms with E-state index in [2.05, 4.69) is 5.10 Å². The normalized spacial score (nSPS) is 35.8. The van der Waals surface area contributed by atoms with Gasteiger partial charge in [-0.2, -0.15) is 5.10 Å². The van der Waals surface area contributed by atoms with Crippen molar-refractivity contribution in [1.29, 1.82) is 0 Å². The summed E-state index contributed by atoms with van der Waals surface area (Å²) < 4.78 is 1.70. The van der Waals surface area contributed by atoms with E-state index in [0.29, 0.717) is 17.5 Å². The van der Waals surface area contributed by atoms with E-state index in [4.69, 9.17) is 11.6 Å². The molecule has 3 unspecified atom stereocenters. The van der Waals surface area contributed by atoms with E-state index < -0.39 is 5.60 Å². The van der Waals surface area contributed by atoms with Crippen LogP contribution in [0, 0.1) is 18.8 Å². The molecule has 4 heteroatoms. The zero-order valence-electron chi connectivity index (χ0n) is 10.4. The molecule has 0 aromatic carbocycles. The summed E-state index contributed by atoms with van der Waals surface area (Å²) in [4.78, 5) is 0. The first-order chi connectivity index (χ1) is 7.99. The number of nitrogens with zero attached hydrogens (tertiary/aromatic N) is 2. The number of aryl methyl sites for hydroxylation is 2. The van der Waals surface area contributed by atoms with Gasteiger partial charge in [0.25, 0.3) is 0 Å². The van der Waals surface area contributed by atoms with Gasteiger partial charge in [-0.1, -0.05) is 11.6 Å². The van der Waals surface area contributed by atoms with Crippen LogP contribution in [0.4, 0.5) is 0 Å². The minimum atomic E-state index is -0.527. The first-order valence-electron chi connectivity index (χ1n) is 6.40. The van der Waals surface area contributed by atoms with Crippen molar-refractivity contribution >= 4 is 11.6 Å². The van der Waals surface area contributed by atoms with E-state index in [1.54, 1.807) is 4.68 Å². The lowest BCUT2D eigenvalue weighted by molar-refractivity contribution is -0.0126. The third kappa shape index (κ3) is 1.71. The highest BCUT2D eigenvalue weighted by Gasteiger charge is 2.50. The van der Waals surface area contributed by atoms with Crippen molar-refractivity contribution in [1.82, 2.24) is 9.78 Å². The van der Waals surface area contributed by atoms with Crippen molar-refractivity contribution in [3.8, 4) is 0 Å². The van der Waals surface area contributed by atoms with Crippen LogP contribution in [0.1, 0.15) is 36.9 Å². The molecule has 2 aliphatic carbocycles. The molecule has 2 aliphatic rings. The van der Waals surface area contributed by atoms with Gasteiger partial charge in [-0.15, -0.1) is 0 Å². The van der Waals surface area contributed by atoms with Gasteiger partial charge in [-0.25, -0.2) is 0 Å². The Morgan fingerprint density at radius 1 is 1.53 bits per heavy atom. The highest BCUT2D eigenvalue weighted by atomic mass is 35.5. The van der Waals surface area contributed by atoms with Crippen LogP contribution in [0.5, 0.6) is 0 Å². The summed E-state index contributed by atoms with van der Waals surface area (Å²) in [5, 5.41) is 15.8. The van der Waals surface area contributed by atoms with E-state index in [1.807, 2.05) is 14.0 Å². The second-order valence-corrected chi connectivity index (χ2v) is 6.20. The van der Waals surface area contributed by atoms with Crippen molar-refractivity contribution in [3.63, 3.8) is 0 Å². The van der Waals surface area contributed by atoms with Crippen LogP contribution in [0.25, 0.3) is 0 Å². The Bertz CT molecular complexity index is 457. The molecular weight excluding hydrogens is 236 g/mol. The lowest BCUT2D eigenvalue weighted by Crippen LogP contribution is -2.37. The summed E-state index contributed by atoms with van der Waals surface area (Å²) >= 11 is 6.25. The van der Waals surface area contributed by atoms with Crippen LogP contribution in [0.2, 0.25) is 5.15 Å². The predicted octanol–water partition coefficient (Wildman–Crippen LogP) is 2.48. The van der Waals surface area contributed by atoms with Gasteiger partial charge >= 0.3 is 0 Å². The van der Waals surface area contributed by atoms with Gasteiger partial charge in [-0.05, 0) is 44.4 Å². The molecule has 94 valence electrons. The zero-order chi connectivity index (χ0) is 12.2. The smallest absolute Gasteiger partial charge is 0.130 e. The van der Waals surface area contributed by atoms with Gasteiger partial charge in [0.05, 0.1) is 11.3 Å². The fourth-order valence-electron chi connectivity index (χ4n) is 3.81. The molecule has 0 aliphatic heterocycles. The van der Waals surface area contributed by atoms with Gasteiger partial charge in [0.15, 0.2) is 0 Å². The molecule has 1 aromatic rings. The van der Waals surface area contributed by atoms with Gasteiger partial charge in [0, 0.05) is 19.0 Å². The third-order valence-electron chi connectivity index (χ3n) is 4.70. The van der Waals surface area contributed by atoms with Crippen molar-refractivity contribution in [3.05, 3.63) is 16.4 Å². The highest BCUT2D eigenvalue weighted by Crippen LogP contribution is 2.52. The molecule has 2 saturated carbocycles. The topological polar surface area (TPSA) is 38.0 Å². The van der Waals surface area contributed by atoms with E-state index in [9.17, 15) is 5.11 Å². The van der Waals surface area contributed by atoms with E-state index in [1.165, 1.54) is 19.3 Å². The highest BCUT2D eigenvalue weighted by molar-refractivity contribution is 6.30. The average Bonchev–Trinajstić information content (AvgIpc) is 2.89. The Morgan fingerprint density at radius 2 is 2.29 bits per heavy atom. The van der Waals surface area contributed by atoms with Crippen LogP contribution < -0.4 is 0 Å². The van der Waals surface area contributed by atoms with Crippen molar-refractivity contribution in [2.45, 2.75) is 44.6 Å². The number of hydrogen-bond acceptors (Lipinski definition) is 2. The summed E-state index contributed by atoms with van der Waals surface area (Å²) in [5.41, 5.74) is 1.46. The van der Waals surface area contributed by atoms with Crippen LogP contribution in [0.3, 0.4) is 0 Å². The van der Waals surface area contributed by atoms with Gasteiger partial charge in [0.1, 0.15) is 5.15 Å². The van der Waals surface area contributed by atoms with Gasteiger partial charge in [0.2, 0.25) is 0 Å². The number of aliphatic hydroxyl groups is 1. The molecule has 0 amide bonds. The molecule has 1 heterocycles. The largest absolute Gasteiger partial charge is 0.389 e. The molecule has 1 N–H and O–H groups in total. The SMILES string of the molecule is Cc1nn(C)c(Cl)c1CC1(O)CC2CCC1C2. The maximum absolute atomic E-state index is 10.8. The molecule has 0 saturated heterocycles. The Labute approximate surface area is 107 Å². The second-order valence-electron chi connectivity index (χ2n) is 5.84. The standard InChI is InChI=1S/C13H19ClN2O/c1-8-11(12(14)16(2)15-8)7-13(17)6-9-3-4-10(13)5-9/h9-10,17H,3-7H2,1-2H3. The Kier molecular flexibility index (Phi) is 2.53. The molecule has 0 radical (unpaired) electrons. The number of aromatic nitrogens is 2. The quantitative estimate of drug-likeness (QED) is 0.881. The molecule has 2 fully saturated rings. The molecule has 0 spiro atoms. The summed E-state index contributed by atoms with van der Waals surface area (Å²) in [6.45, 7) is 1.97. The maximum atomic E-state index is 10.8. The number of fused-ring (bicyclic) bond motifs is 2. The third-order valence-corrected chi connectivity index (χ3v) is 5.17. The molecule has 2 bridgehead atoms.